The van der Waals surface area contributed by atoms with Gasteiger partial charge < -0.3 is 10.3 Å². The van der Waals surface area contributed by atoms with Gasteiger partial charge in [-0.3, -0.25) is 0 Å². The normalized spacial score (nSPS) is 23.2. The van der Waals surface area contributed by atoms with Crippen molar-refractivity contribution in [1.29, 1.82) is 0 Å². The zero-order valence-corrected chi connectivity index (χ0v) is 6.17. The van der Waals surface area contributed by atoms with Gasteiger partial charge in [0.15, 0.2) is 0 Å². The Morgan fingerprint density at radius 3 is 3.10 bits per heavy atom. The summed E-state index contributed by atoms with van der Waals surface area (Å²) in [6.07, 6.45) is 6.60. The van der Waals surface area contributed by atoms with E-state index < -0.39 is 0 Å². The van der Waals surface area contributed by atoms with E-state index in [-0.39, 0.29) is 0 Å². The predicted molar refractivity (Wildman–Crippen MR) is 40.7 cm³/mol. The second-order valence-corrected chi connectivity index (χ2v) is 3.05. The van der Waals surface area contributed by atoms with Gasteiger partial charge >= 0.3 is 0 Å². The van der Waals surface area contributed by atoms with Crippen LogP contribution in [-0.4, -0.2) is 4.57 Å². The van der Waals surface area contributed by atoms with Crippen LogP contribution in [0.4, 0.5) is 0 Å². The van der Waals surface area contributed by atoms with Crippen LogP contribution in [0.25, 0.3) is 0 Å². The molecule has 1 atom stereocenters. The fourth-order valence-electron chi connectivity index (χ4n) is 1.67. The minimum Gasteiger partial charge on any atom is -0.357 e. The third-order valence-corrected chi connectivity index (χ3v) is 2.20. The molecule has 2 N–H and O–H groups in total. The van der Waals surface area contributed by atoms with Gasteiger partial charge in [-0.1, -0.05) is 0 Å². The number of hydrogen-bond donors (Lipinski definition) is 1. The predicted octanol–water partition coefficient (Wildman–Crippen LogP) is 0.971. The van der Waals surface area contributed by atoms with Crippen molar-refractivity contribution in [2.24, 2.45) is 12.8 Å². The molecule has 1 aliphatic carbocycles. The number of hydrogen-bond acceptors (Lipinski definition) is 1. The van der Waals surface area contributed by atoms with Crippen molar-refractivity contribution >= 4 is 0 Å². The summed E-state index contributed by atoms with van der Waals surface area (Å²) in [4.78, 5) is 0. The summed E-state index contributed by atoms with van der Waals surface area (Å²) in [6.45, 7) is 0. The molecular weight excluding hydrogens is 124 g/mol. The molecule has 10 heavy (non-hydrogen) atoms. The number of nitrogens with zero attached hydrogens (tertiary/aromatic N) is 1. The maximum atomic E-state index is 5.85. The minimum atomic E-state index is 0.302. The van der Waals surface area contributed by atoms with Crippen LogP contribution < -0.4 is 5.73 Å². The van der Waals surface area contributed by atoms with Crippen molar-refractivity contribution in [1.82, 2.24) is 4.57 Å². The average Bonchev–Trinajstić information content (AvgIpc) is 2.35. The summed E-state index contributed by atoms with van der Waals surface area (Å²) in [5.41, 5.74) is 8.64. The van der Waals surface area contributed by atoms with Crippen LogP contribution in [0.5, 0.6) is 0 Å². The van der Waals surface area contributed by atoms with Gasteiger partial charge in [0, 0.05) is 25.5 Å². The molecule has 1 unspecified atom stereocenters. The molecule has 1 aliphatic rings. The van der Waals surface area contributed by atoms with Gasteiger partial charge in [0.25, 0.3) is 0 Å². The van der Waals surface area contributed by atoms with E-state index >= 15 is 0 Å². The second-order valence-electron chi connectivity index (χ2n) is 3.05. The fourth-order valence-corrected chi connectivity index (χ4v) is 1.67. The maximum absolute atomic E-state index is 5.85. The highest BCUT2D eigenvalue weighted by atomic mass is 14.9. The van der Waals surface area contributed by atoms with Gasteiger partial charge in [0.05, 0.1) is 0 Å². The number of fused-ring (bicyclic) bond motifs is 1. The molecule has 1 heterocycles. The van der Waals surface area contributed by atoms with Crippen LogP contribution in [0.1, 0.15) is 23.6 Å². The molecule has 0 amide bonds. The molecule has 0 spiro atoms. The first-order chi connectivity index (χ1) is 4.77. The van der Waals surface area contributed by atoms with E-state index in [0.717, 1.165) is 12.8 Å². The lowest BCUT2D eigenvalue weighted by atomic mass is 10.2. The van der Waals surface area contributed by atoms with Gasteiger partial charge in [-0.05, 0) is 24.0 Å². The molecule has 0 aliphatic heterocycles. The summed E-state index contributed by atoms with van der Waals surface area (Å²) < 4.78 is 2.09. The summed E-state index contributed by atoms with van der Waals surface area (Å²) in [6, 6.07) is 0.302. The summed E-state index contributed by atoms with van der Waals surface area (Å²) >= 11 is 0. The van der Waals surface area contributed by atoms with Crippen LogP contribution in [0.15, 0.2) is 12.4 Å². The Hall–Kier alpha value is -0.760. The quantitative estimate of drug-likeness (QED) is 0.566. The second kappa shape index (κ2) is 1.86. The van der Waals surface area contributed by atoms with Crippen LogP contribution in [-0.2, 0) is 13.5 Å². The zero-order valence-electron chi connectivity index (χ0n) is 6.17. The van der Waals surface area contributed by atoms with E-state index in [1.165, 1.54) is 11.1 Å². The number of rotatable bonds is 0. The van der Waals surface area contributed by atoms with Gasteiger partial charge in [-0.15, -0.1) is 0 Å². The Balaban J connectivity index is 2.49. The van der Waals surface area contributed by atoms with Crippen molar-refractivity contribution in [3.8, 4) is 0 Å². The summed E-state index contributed by atoms with van der Waals surface area (Å²) in [7, 11) is 2.05. The van der Waals surface area contributed by atoms with Crippen LogP contribution in [0.2, 0.25) is 0 Å². The minimum absolute atomic E-state index is 0.302. The van der Waals surface area contributed by atoms with Crippen molar-refractivity contribution in [2.75, 3.05) is 0 Å². The SMILES string of the molecule is Cn1cc2c(c1)C(N)CC2. The standard InChI is InChI=1S/C8H12N2/c1-10-4-6-2-3-8(9)7(6)5-10/h4-5,8H,2-3,9H2,1H3. The van der Waals surface area contributed by atoms with Crippen LogP contribution in [0, 0.1) is 0 Å². The lowest BCUT2D eigenvalue weighted by Crippen LogP contribution is -2.04. The molecule has 2 heteroatoms. The van der Waals surface area contributed by atoms with Crippen molar-refractivity contribution in [2.45, 2.75) is 18.9 Å². The number of aryl methyl sites for hydroxylation is 2. The molecular formula is C8H12N2. The summed E-state index contributed by atoms with van der Waals surface area (Å²) in [5.74, 6) is 0. The van der Waals surface area contributed by atoms with Crippen molar-refractivity contribution < 1.29 is 0 Å². The smallest absolute Gasteiger partial charge is 0.0315 e. The lowest BCUT2D eigenvalue weighted by molar-refractivity contribution is 0.701. The van der Waals surface area contributed by atoms with E-state index in [1.54, 1.807) is 0 Å². The van der Waals surface area contributed by atoms with Crippen LogP contribution in [0.3, 0.4) is 0 Å². The molecule has 0 aromatic carbocycles. The van der Waals surface area contributed by atoms with Gasteiger partial charge in [0.1, 0.15) is 0 Å². The Morgan fingerprint density at radius 1 is 1.60 bits per heavy atom. The Kier molecular flexibility index (Phi) is 1.11. The summed E-state index contributed by atoms with van der Waals surface area (Å²) in [5, 5.41) is 0. The van der Waals surface area contributed by atoms with E-state index in [4.69, 9.17) is 5.73 Å². The van der Waals surface area contributed by atoms with E-state index in [0.29, 0.717) is 6.04 Å². The van der Waals surface area contributed by atoms with E-state index in [2.05, 4.69) is 17.0 Å². The molecule has 0 fully saturated rings. The highest BCUT2D eigenvalue weighted by Gasteiger charge is 2.19. The zero-order chi connectivity index (χ0) is 7.14. The molecule has 0 bridgehead atoms. The third kappa shape index (κ3) is 0.688. The Labute approximate surface area is 60.6 Å². The number of aromatic nitrogens is 1. The molecule has 0 saturated heterocycles. The first-order valence-corrected chi connectivity index (χ1v) is 3.67. The maximum Gasteiger partial charge on any atom is 0.0315 e. The van der Waals surface area contributed by atoms with Gasteiger partial charge in [-0.25, -0.2) is 0 Å². The Morgan fingerprint density at radius 2 is 2.40 bits per heavy atom. The first-order valence-electron chi connectivity index (χ1n) is 3.67. The molecule has 1 aromatic rings. The fraction of sp³-hybridized carbons (Fsp3) is 0.500. The third-order valence-electron chi connectivity index (χ3n) is 2.20. The number of nitrogens with two attached hydrogens (primary N) is 1. The Bertz CT molecular complexity index is 250. The van der Waals surface area contributed by atoms with Crippen molar-refractivity contribution in [3.63, 3.8) is 0 Å². The topological polar surface area (TPSA) is 30.9 Å². The van der Waals surface area contributed by atoms with E-state index in [1.807, 2.05) is 7.05 Å². The molecule has 1 aromatic heterocycles. The molecule has 0 radical (unpaired) electrons. The van der Waals surface area contributed by atoms with E-state index in [9.17, 15) is 0 Å². The van der Waals surface area contributed by atoms with Crippen molar-refractivity contribution in [3.05, 3.63) is 23.5 Å². The molecule has 2 rings (SSSR count). The molecule has 2 nitrogen and oxygen atoms in total. The molecule has 0 saturated carbocycles. The monoisotopic (exact) mass is 136 g/mol. The molecule has 54 valence electrons. The first kappa shape index (κ1) is 5.98. The van der Waals surface area contributed by atoms with Gasteiger partial charge in [0.2, 0.25) is 0 Å². The lowest BCUT2D eigenvalue weighted by Gasteiger charge is -1.98. The average molecular weight is 136 g/mol. The highest BCUT2D eigenvalue weighted by molar-refractivity contribution is 5.31. The van der Waals surface area contributed by atoms with Gasteiger partial charge in [-0.2, -0.15) is 0 Å². The van der Waals surface area contributed by atoms with Crippen LogP contribution >= 0.6 is 0 Å². The highest BCUT2D eigenvalue weighted by Crippen LogP contribution is 2.29. The largest absolute Gasteiger partial charge is 0.357 e.